The molecule has 0 aliphatic carbocycles. The molecule has 0 radical (unpaired) electrons. The van der Waals surface area contributed by atoms with E-state index in [0.717, 1.165) is 25.7 Å². The third-order valence-corrected chi connectivity index (χ3v) is 6.67. The maximum Gasteiger partial charge on any atom is 0.323 e. The quantitative estimate of drug-likeness (QED) is 0.153. The van der Waals surface area contributed by atoms with E-state index in [0.29, 0.717) is 5.56 Å². The van der Waals surface area contributed by atoms with E-state index < -0.39 is 23.9 Å². The lowest BCUT2D eigenvalue weighted by atomic mass is 10.0. The summed E-state index contributed by atoms with van der Waals surface area (Å²) in [5.41, 5.74) is 0.666. The van der Waals surface area contributed by atoms with Gasteiger partial charge in [0.1, 0.15) is 12.6 Å². The van der Waals surface area contributed by atoms with Crippen molar-refractivity contribution >= 4 is 23.9 Å². The Morgan fingerprint density at radius 3 is 1.97 bits per heavy atom. The summed E-state index contributed by atoms with van der Waals surface area (Å²) in [5, 5.41) is 3.07. The summed E-state index contributed by atoms with van der Waals surface area (Å²) in [6, 6.07) is 4.15. The van der Waals surface area contributed by atoms with Gasteiger partial charge in [0.15, 0.2) is 11.5 Å². The van der Waals surface area contributed by atoms with Gasteiger partial charge in [-0.15, -0.1) is 0 Å². The summed E-state index contributed by atoms with van der Waals surface area (Å²) in [6.07, 6.45) is 3.99. The molecule has 0 saturated carbocycles. The Hall–Kier alpha value is -2.94. The predicted octanol–water partition coefficient (Wildman–Crippen LogP) is 5.02. The van der Waals surface area contributed by atoms with Crippen LogP contribution in [0.25, 0.3) is 0 Å². The molecule has 1 aromatic carbocycles. The summed E-state index contributed by atoms with van der Waals surface area (Å²) in [6.45, 7) is 12.1. The zero-order valence-corrected chi connectivity index (χ0v) is 24.7. The fourth-order valence-corrected chi connectivity index (χ4v) is 3.72. The van der Waals surface area contributed by atoms with Crippen LogP contribution in [-0.2, 0) is 35.1 Å². The average Bonchev–Trinajstić information content (AvgIpc) is 2.90. The van der Waals surface area contributed by atoms with E-state index in [1.165, 1.54) is 7.11 Å². The number of nitrogens with one attached hydrogen (secondary N) is 1. The molecule has 3 unspecified atom stereocenters. The molecule has 9 nitrogen and oxygen atoms in total. The molecule has 1 aromatic rings. The highest BCUT2D eigenvalue weighted by molar-refractivity contribution is 5.77. The van der Waals surface area contributed by atoms with Gasteiger partial charge in [0, 0.05) is 19.4 Å². The minimum atomic E-state index is -0.732. The third-order valence-electron chi connectivity index (χ3n) is 6.67. The van der Waals surface area contributed by atoms with Gasteiger partial charge < -0.3 is 24.3 Å². The Bertz CT molecular complexity index is 932. The van der Waals surface area contributed by atoms with Gasteiger partial charge >= 0.3 is 23.9 Å². The SMILES string of the molecule is CCCC(C)C(=O)OCCN[C@@H](Cc1ccc(OC(=O)CC(C)CC)c(OC(=O)CC(C)CC)c1)C(=O)OC. The molecule has 39 heavy (non-hydrogen) atoms. The van der Waals surface area contributed by atoms with Gasteiger partial charge in [0.05, 0.1) is 13.0 Å². The molecule has 0 heterocycles. The van der Waals surface area contributed by atoms with Crippen LogP contribution in [0.2, 0.25) is 0 Å². The number of benzene rings is 1. The molecule has 9 heteroatoms. The van der Waals surface area contributed by atoms with Crippen molar-refractivity contribution in [1.82, 2.24) is 5.32 Å². The molecule has 0 aromatic heterocycles. The van der Waals surface area contributed by atoms with Crippen molar-refractivity contribution in [2.45, 2.75) is 92.5 Å². The molecule has 4 atom stereocenters. The molecule has 0 aliphatic rings. The van der Waals surface area contributed by atoms with Crippen LogP contribution >= 0.6 is 0 Å². The summed E-state index contributed by atoms with van der Waals surface area (Å²) in [7, 11) is 1.30. The summed E-state index contributed by atoms with van der Waals surface area (Å²) >= 11 is 0. The first-order valence-electron chi connectivity index (χ1n) is 14.1. The van der Waals surface area contributed by atoms with E-state index >= 15 is 0 Å². The van der Waals surface area contributed by atoms with E-state index in [1.54, 1.807) is 18.2 Å². The van der Waals surface area contributed by atoms with Crippen molar-refractivity contribution in [3.05, 3.63) is 23.8 Å². The van der Waals surface area contributed by atoms with Crippen LogP contribution in [0.15, 0.2) is 18.2 Å². The molecule has 1 N–H and O–H groups in total. The topological polar surface area (TPSA) is 117 Å². The van der Waals surface area contributed by atoms with Crippen LogP contribution in [0.5, 0.6) is 11.5 Å². The standard InChI is InChI=1S/C30H47NO8/c1-8-11-22(6)29(34)37-15-14-31-24(30(35)36-7)18-23-12-13-25(38-27(32)16-20(4)9-2)26(19-23)39-28(33)17-21(5)10-3/h12-13,19-22,24,31H,8-11,14-18H2,1-7H3/t20?,21?,22?,24-/m0/s1. The second-order valence-electron chi connectivity index (χ2n) is 10.3. The van der Waals surface area contributed by atoms with Crippen LogP contribution in [0, 0.1) is 17.8 Å². The maximum atomic E-state index is 12.6. The van der Waals surface area contributed by atoms with Crippen molar-refractivity contribution in [1.29, 1.82) is 0 Å². The molecule has 220 valence electrons. The molecular weight excluding hydrogens is 502 g/mol. The van der Waals surface area contributed by atoms with Gasteiger partial charge in [-0.25, -0.2) is 0 Å². The predicted molar refractivity (Wildman–Crippen MR) is 148 cm³/mol. The highest BCUT2D eigenvalue weighted by Gasteiger charge is 2.22. The first-order valence-corrected chi connectivity index (χ1v) is 14.1. The molecule has 0 aliphatic heterocycles. The smallest absolute Gasteiger partial charge is 0.323 e. The van der Waals surface area contributed by atoms with Crippen LogP contribution in [0.4, 0.5) is 0 Å². The number of methoxy groups -OCH3 is 1. The Labute approximate surface area is 233 Å². The first kappa shape index (κ1) is 34.1. The van der Waals surface area contributed by atoms with Crippen molar-refractivity contribution in [3.8, 4) is 11.5 Å². The Kier molecular flexibility index (Phi) is 16.1. The summed E-state index contributed by atoms with van der Waals surface area (Å²) < 4.78 is 21.4. The number of rotatable bonds is 18. The van der Waals surface area contributed by atoms with E-state index in [9.17, 15) is 19.2 Å². The van der Waals surface area contributed by atoms with Crippen molar-refractivity contribution in [2.24, 2.45) is 17.8 Å². The average molecular weight is 550 g/mol. The van der Waals surface area contributed by atoms with Crippen LogP contribution in [-0.4, -0.2) is 50.2 Å². The van der Waals surface area contributed by atoms with Crippen LogP contribution in [0.3, 0.4) is 0 Å². The third kappa shape index (κ3) is 13.1. The fourth-order valence-electron chi connectivity index (χ4n) is 3.72. The first-order chi connectivity index (χ1) is 18.5. The van der Waals surface area contributed by atoms with E-state index in [2.05, 4.69) is 5.32 Å². The van der Waals surface area contributed by atoms with Crippen molar-refractivity contribution < 1.29 is 38.1 Å². The molecule has 0 spiro atoms. The van der Waals surface area contributed by atoms with Crippen molar-refractivity contribution in [2.75, 3.05) is 20.3 Å². The van der Waals surface area contributed by atoms with Crippen LogP contribution in [0.1, 0.15) is 85.6 Å². The Balaban J connectivity index is 3.01. The lowest BCUT2D eigenvalue weighted by molar-refractivity contribution is -0.148. The van der Waals surface area contributed by atoms with Gasteiger partial charge in [-0.05, 0) is 42.4 Å². The van der Waals surface area contributed by atoms with Gasteiger partial charge in [-0.2, -0.15) is 0 Å². The van der Waals surface area contributed by atoms with Crippen LogP contribution < -0.4 is 14.8 Å². The Morgan fingerprint density at radius 2 is 1.44 bits per heavy atom. The number of hydrogen-bond donors (Lipinski definition) is 1. The van der Waals surface area contributed by atoms with Gasteiger partial charge in [0.25, 0.3) is 0 Å². The number of carbonyl (C=O) groups excluding carboxylic acids is 4. The highest BCUT2D eigenvalue weighted by atomic mass is 16.6. The lowest BCUT2D eigenvalue weighted by Gasteiger charge is -2.18. The van der Waals surface area contributed by atoms with E-state index in [4.69, 9.17) is 18.9 Å². The number of carbonyl (C=O) groups is 4. The maximum absolute atomic E-state index is 12.6. The Morgan fingerprint density at radius 1 is 0.846 bits per heavy atom. The number of hydrogen-bond acceptors (Lipinski definition) is 9. The lowest BCUT2D eigenvalue weighted by Crippen LogP contribution is -2.41. The fraction of sp³-hybridized carbons (Fsp3) is 0.667. The second-order valence-corrected chi connectivity index (χ2v) is 10.3. The normalized spacial score (nSPS) is 14.0. The number of esters is 4. The number of ether oxygens (including phenoxy) is 4. The van der Waals surface area contributed by atoms with E-state index in [1.807, 2.05) is 41.5 Å². The van der Waals surface area contributed by atoms with Gasteiger partial charge in [-0.3, -0.25) is 19.2 Å². The minimum Gasteiger partial charge on any atom is -0.468 e. The zero-order chi connectivity index (χ0) is 29.4. The second kappa shape index (κ2) is 18.4. The molecule has 1 rings (SSSR count). The van der Waals surface area contributed by atoms with Gasteiger partial charge in [0.2, 0.25) is 0 Å². The summed E-state index contributed by atoms with van der Waals surface area (Å²) in [4.78, 5) is 49.5. The molecule has 0 bridgehead atoms. The molecule has 0 fully saturated rings. The molecule has 0 saturated heterocycles. The summed E-state index contributed by atoms with van der Waals surface area (Å²) in [5.74, 6) is -1.18. The minimum absolute atomic E-state index is 0.115. The highest BCUT2D eigenvalue weighted by Crippen LogP contribution is 2.31. The van der Waals surface area contributed by atoms with Gasteiger partial charge in [-0.1, -0.05) is 66.9 Å². The molecule has 0 amide bonds. The largest absolute Gasteiger partial charge is 0.468 e. The molecular formula is C30H47NO8. The zero-order valence-electron chi connectivity index (χ0n) is 24.7. The van der Waals surface area contributed by atoms with E-state index in [-0.39, 0.29) is 67.6 Å². The van der Waals surface area contributed by atoms with Crippen molar-refractivity contribution in [3.63, 3.8) is 0 Å². The monoisotopic (exact) mass is 549 g/mol.